The average molecular weight is 237 g/mol. The Bertz CT molecular complexity index is 698. The van der Waals surface area contributed by atoms with Crippen molar-refractivity contribution in [2.75, 3.05) is 0 Å². The van der Waals surface area contributed by atoms with E-state index in [1.807, 2.05) is 6.07 Å². The lowest BCUT2D eigenvalue weighted by Crippen LogP contribution is -1.93. The second kappa shape index (κ2) is 4.26. The second-order valence-electron chi connectivity index (χ2n) is 4.61. The minimum Gasteiger partial charge on any atom is -0.340 e. The van der Waals surface area contributed by atoms with Crippen LogP contribution in [-0.4, -0.2) is 15.0 Å². The van der Waals surface area contributed by atoms with Crippen LogP contribution in [0.15, 0.2) is 36.5 Å². The Morgan fingerprint density at radius 2 is 1.89 bits per heavy atom. The van der Waals surface area contributed by atoms with E-state index in [9.17, 15) is 0 Å². The van der Waals surface area contributed by atoms with Gasteiger partial charge in [0.25, 0.3) is 0 Å². The summed E-state index contributed by atoms with van der Waals surface area (Å²) in [5.74, 6) is 0.973. The number of nitrogens with one attached hydrogen (secondary N) is 1. The van der Waals surface area contributed by atoms with Gasteiger partial charge in [-0.1, -0.05) is 24.3 Å². The zero-order valence-electron chi connectivity index (χ0n) is 10.6. The molecule has 0 aliphatic heterocycles. The number of aromatic amines is 1. The van der Waals surface area contributed by atoms with Crippen LogP contribution in [0.3, 0.4) is 0 Å². The maximum absolute atomic E-state index is 4.54. The normalized spacial score (nSPS) is 11.0. The van der Waals surface area contributed by atoms with Gasteiger partial charge in [0.15, 0.2) is 5.65 Å². The SMILES string of the molecule is Cc1ccccc1Cc1nc2nccc(C)c2[nH]1. The number of benzene rings is 1. The summed E-state index contributed by atoms with van der Waals surface area (Å²) in [5, 5.41) is 0. The predicted octanol–water partition coefficient (Wildman–Crippen LogP) is 3.17. The Kier molecular flexibility index (Phi) is 2.59. The molecule has 0 bridgehead atoms. The van der Waals surface area contributed by atoms with Gasteiger partial charge >= 0.3 is 0 Å². The Morgan fingerprint density at radius 1 is 1.06 bits per heavy atom. The van der Waals surface area contributed by atoms with Crippen LogP contribution < -0.4 is 0 Å². The van der Waals surface area contributed by atoms with Gasteiger partial charge in [0.1, 0.15) is 5.82 Å². The summed E-state index contributed by atoms with van der Waals surface area (Å²) in [4.78, 5) is 12.2. The molecule has 2 heterocycles. The molecule has 2 aromatic heterocycles. The summed E-state index contributed by atoms with van der Waals surface area (Å²) in [6.07, 6.45) is 2.62. The molecule has 0 aliphatic carbocycles. The summed E-state index contributed by atoms with van der Waals surface area (Å²) in [5.41, 5.74) is 5.63. The van der Waals surface area contributed by atoms with Crippen LogP contribution in [0.1, 0.15) is 22.5 Å². The zero-order valence-corrected chi connectivity index (χ0v) is 10.6. The van der Waals surface area contributed by atoms with Gasteiger partial charge < -0.3 is 4.98 Å². The molecule has 3 heteroatoms. The Hall–Kier alpha value is -2.16. The zero-order chi connectivity index (χ0) is 12.5. The van der Waals surface area contributed by atoms with Gasteiger partial charge in [-0.2, -0.15) is 0 Å². The van der Waals surface area contributed by atoms with Crippen molar-refractivity contribution in [3.05, 3.63) is 59.0 Å². The van der Waals surface area contributed by atoms with E-state index >= 15 is 0 Å². The third-order valence-electron chi connectivity index (χ3n) is 3.27. The van der Waals surface area contributed by atoms with Crippen LogP contribution >= 0.6 is 0 Å². The van der Waals surface area contributed by atoms with Crippen molar-refractivity contribution in [2.24, 2.45) is 0 Å². The van der Waals surface area contributed by atoms with Crippen molar-refractivity contribution in [1.82, 2.24) is 15.0 Å². The Morgan fingerprint density at radius 3 is 2.67 bits per heavy atom. The smallest absolute Gasteiger partial charge is 0.177 e. The standard InChI is InChI=1S/C15H15N3/c1-10-5-3-4-6-12(10)9-13-17-14-11(2)7-8-16-15(14)18-13/h3-8H,9H2,1-2H3,(H,16,17,18). The van der Waals surface area contributed by atoms with Crippen LogP contribution in [-0.2, 0) is 6.42 Å². The lowest BCUT2D eigenvalue weighted by atomic mass is 10.1. The maximum Gasteiger partial charge on any atom is 0.177 e. The van der Waals surface area contributed by atoms with Gasteiger partial charge in [-0.25, -0.2) is 9.97 Å². The number of aryl methyl sites for hydroxylation is 2. The Labute approximate surface area is 106 Å². The Balaban J connectivity index is 2.01. The molecule has 0 saturated carbocycles. The van der Waals surface area contributed by atoms with Gasteiger partial charge in [0, 0.05) is 12.6 Å². The minimum absolute atomic E-state index is 0.804. The number of hydrogen-bond donors (Lipinski definition) is 1. The molecule has 3 rings (SSSR count). The molecule has 3 aromatic rings. The average Bonchev–Trinajstić information content (AvgIpc) is 2.76. The molecule has 3 nitrogen and oxygen atoms in total. The van der Waals surface area contributed by atoms with Crippen molar-refractivity contribution < 1.29 is 0 Å². The summed E-state index contributed by atoms with van der Waals surface area (Å²) in [6.45, 7) is 4.20. The van der Waals surface area contributed by atoms with Crippen molar-refractivity contribution >= 4 is 11.2 Å². The molecule has 90 valence electrons. The molecule has 0 radical (unpaired) electrons. The third kappa shape index (κ3) is 1.88. The molecular formula is C15H15N3. The number of rotatable bonds is 2. The quantitative estimate of drug-likeness (QED) is 0.743. The number of imidazole rings is 1. The van der Waals surface area contributed by atoms with Crippen molar-refractivity contribution in [3.63, 3.8) is 0 Å². The molecule has 1 aromatic carbocycles. The van der Waals surface area contributed by atoms with Gasteiger partial charge in [0.2, 0.25) is 0 Å². The highest BCUT2D eigenvalue weighted by Crippen LogP contribution is 2.16. The minimum atomic E-state index is 0.804. The summed E-state index contributed by atoms with van der Waals surface area (Å²) >= 11 is 0. The van der Waals surface area contributed by atoms with E-state index in [-0.39, 0.29) is 0 Å². The third-order valence-corrected chi connectivity index (χ3v) is 3.27. The number of hydrogen-bond acceptors (Lipinski definition) is 2. The van der Waals surface area contributed by atoms with Gasteiger partial charge in [-0.05, 0) is 36.6 Å². The molecule has 0 aliphatic rings. The first-order valence-electron chi connectivity index (χ1n) is 6.09. The van der Waals surface area contributed by atoms with Crippen LogP contribution in [0, 0.1) is 13.8 Å². The topological polar surface area (TPSA) is 41.6 Å². The van der Waals surface area contributed by atoms with Crippen LogP contribution in [0.2, 0.25) is 0 Å². The molecule has 0 spiro atoms. The molecule has 0 unspecified atom stereocenters. The van der Waals surface area contributed by atoms with E-state index in [0.717, 1.165) is 23.4 Å². The fourth-order valence-electron chi connectivity index (χ4n) is 2.16. The first-order chi connectivity index (χ1) is 8.74. The summed E-state index contributed by atoms with van der Waals surface area (Å²) < 4.78 is 0. The fourth-order valence-corrected chi connectivity index (χ4v) is 2.16. The molecule has 0 amide bonds. The van der Waals surface area contributed by atoms with Crippen LogP contribution in [0.25, 0.3) is 11.2 Å². The first-order valence-corrected chi connectivity index (χ1v) is 6.09. The van der Waals surface area contributed by atoms with E-state index in [2.05, 4.69) is 53.1 Å². The summed E-state index contributed by atoms with van der Waals surface area (Å²) in [6, 6.07) is 10.4. The van der Waals surface area contributed by atoms with E-state index in [1.54, 1.807) is 6.20 Å². The molecule has 1 N–H and O–H groups in total. The molecule has 0 fully saturated rings. The van der Waals surface area contributed by atoms with Crippen LogP contribution in [0.5, 0.6) is 0 Å². The molecule has 0 saturated heterocycles. The largest absolute Gasteiger partial charge is 0.340 e. The van der Waals surface area contributed by atoms with Crippen LogP contribution in [0.4, 0.5) is 0 Å². The lowest BCUT2D eigenvalue weighted by molar-refractivity contribution is 1.02. The monoisotopic (exact) mass is 237 g/mol. The van der Waals surface area contributed by atoms with Crippen molar-refractivity contribution in [2.45, 2.75) is 20.3 Å². The number of aromatic nitrogens is 3. The maximum atomic E-state index is 4.54. The predicted molar refractivity (Wildman–Crippen MR) is 72.6 cm³/mol. The van der Waals surface area contributed by atoms with E-state index in [0.29, 0.717) is 0 Å². The number of nitrogens with zero attached hydrogens (tertiary/aromatic N) is 2. The van der Waals surface area contributed by atoms with Gasteiger partial charge in [-0.15, -0.1) is 0 Å². The summed E-state index contributed by atoms with van der Waals surface area (Å²) in [7, 11) is 0. The van der Waals surface area contributed by atoms with E-state index < -0.39 is 0 Å². The molecule has 18 heavy (non-hydrogen) atoms. The van der Waals surface area contributed by atoms with Crippen molar-refractivity contribution in [1.29, 1.82) is 0 Å². The fraction of sp³-hybridized carbons (Fsp3) is 0.200. The molecular weight excluding hydrogens is 222 g/mol. The second-order valence-corrected chi connectivity index (χ2v) is 4.61. The van der Waals surface area contributed by atoms with E-state index in [4.69, 9.17) is 0 Å². The van der Waals surface area contributed by atoms with Crippen molar-refractivity contribution in [3.8, 4) is 0 Å². The van der Waals surface area contributed by atoms with E-state index in [1.165, 1.54) is 16.7 Å². The molecule has 0 atom stereocenters. The number of fused-ring (bicyclic) bond motifs is 1. The first kappa shape index (κ1) is 11.0. The highest BCUT2D eigenvalue weighted by atomic mass is 15.0. The van der Waals surface area contributed by atoms with Gasteiger partial charge in [-0.3, -0.25) is 0 Å². The van der Waals surface area contributed by atoms with Gasteiger partial charge in [0.05, 0.1) is 5.52 Å². The lowest BCUT2D eigenvalue weighted by Gasteiger charge is -2.02. The highest BCUT2D eigenvalue weighted by molar-refractivity contribution is 5.74. The number of H-pyrrole nitrogens is 1. The number of pyridine rings is 1. The highest BCUT2D eigenvalue weighted by Gasteiger charge is 2.07.